The number of rotatable bonds is 7. The van der Waals surface area contributed by atoms with E-state index in [4.69, 9.17) is 11.6 Å². The predicted octanol–water partition coefficient (Wildman–Crippen LogP) is 3.37. The molecule has 0 radical (unpaired) electrons. The quantitative estimate of drug-likeness (QED) is 0.705. The van der Waals surface area contributed by atoms with E-state index in [0.717, 1.165) is 25.0 Å². The van der Waals surface area contributed by atoms with Gasteiger partial charge in [0.2, 0.25) is 5.91 Å². The zero-order chi connectivity index (χ0) is 14.3. The number of halogens is 3. The number of unbranched alkanes of at least 4 members (excludes halogenated alkanes) is 1. The van der Waals surface area contributed by atoms with Crippen LogP contribution in [0.15, 0.2) is 18.2 Å². The van der Waals surface area contributed by atoms with Gasteiger partial charge in [0.05, 0.1) is 6.42 Å². The molecule has 0 heterocycles. The first-order valence-corrected chi connectivity index (χ1v) is 6.89. The number of hydrogen-bond donors (Lipinski definition) is 0. The lowest BCUT2D eigenvalue weighted by molar-refractivity contribution is -0.130. The van der Waals surface area contributed by atoms with E-state index < -0.39 is 11.6 Å². The summed E-state index contributed by atoms with van der Waals surface area (Å²) in [5, 5.41) is 0. The van der Waals surface area contributed by atoms with Gasteiger partial charge in [0.25, 0.3) is 0 Å². The molecule has 0 aliphatic carbocycles. The van der Waals surface area contributed by atoms with Gasteiger partial charge in [-0.2, -0.15) is 0 Å². The summed E-state index contributed by atoms with van der Waals surface area (Å²) in [5.41, 5.74) is 0.472. The number of carbonyl (C=O) groups is 1. The third-order valence-electron chi connectivity index (χ3n) is 2.83. The summed E-state index contributed by atoms with van der Waals surface area (Å²) >= 11 is 5.66. The van der Waals surface area contributed by atoms with Crippen LogP contribution in [0.3, 0.4) is 0 Å². The van der Waals surface area contributed by atoms with Crippen LogP contribution in [0.1, 0.15) is 25.3 Å². The number of amides is 1. The summed E-state index contributed by atoms with van der Waals surface area (Å²) < 4.78 is 25.9. The molecule has 1 rings (SSSR count). The molecular formula is C14H18ClF2NO. The Kier molecular flexibility index (Phi) is 6.78. The van der Waals surface area contributed by atoms with E-state index in [9.17, 15) is 13.6 Å². The summed E-state index contributed by atoms with van der Waals surface area (Å²) in [5.74, 6) is -1.57. The molecule has 2 nitrogen and oxygen atoms in total. The second-order valence-electron chi connectivity index (χ2n) is 4.35. The van der Waals surface area contributed by atoms with E-state index in [1.807, 2.05) is 6.92 Å². The number of alkyl halides is 1. The van der Waals surface area contributed by atoms with Crippen molar-refractivity contribution in [3.8, 4) is 0 Å². The van der Waals surface area contributed by atoms with Crippen molar-refractivity contribution >= 4 is 17.5 Å². The van der Waals surface area contributed by atoms with Gasteiger partial charge in [0.1, 0.15) is 0 Å². The molecule has 0 atom stereocenters. The Morgan fingerprint density at radius 2 is 2.00 bits per heavy atom. The molecule has 0 bridgehead atoms. The highest BCUT2D eigenvalue weighted by atomic mass is 35.5. The molecule has 5 heteroatoms. The van der Waals surface area contributed by atoms with Crippen molar-refractivity contribution in [2.45, 2.75) is 26.2 Å². The van der Waals surface area contributed by atoms with Gasteiger partial charge in [-0.3, -0.25) is 4.79 Å². The van der Waals surface area contributed by atoms with Crippen molar-refractivity contribution in [2.24, 2.45) is 0 Å². The van der Waals surface area contributed by atoms with Crippen LogP contribution in [0, 0.1) is 11.6 Å². The molecule has 0 saturated heterocycles. The molecule has 0 spiro atoms. The topological polar surface area (TPSA) is 20.3 Å². The Balaban J connectivity index is 2.66. The van der Waals surface area contributed by atoms with Crippen LogP contribution in [0.4, 0.5) is 8.78 Å². The van der Waals surface area contributed by atoms with Crippen molar-refractivity contribution in [1.82, 2.24) is 4.90 Å². The van der Waals surface area contributed by atoms with Crippen LogP contribution in [0.2, 0.25) is 0 Å². The number of carbonyl (C=O) groups excluding carboxylic acids is 1. The smallest absolute Gasteiger partial charge is 0.227 e. The first-order valence-electron chi connectivity index (χ1n) is 6.36. The van der Waals surface area contributed by atoms with Gasteiger partial charge >= 0.3 is 0 Å². The molecule has 1 amide bonds. The standard InChI is InChI=1S/C14H18ClF2NO/c1-2-3-7-18(8-6-15)14(19)10-11-4-5-12(16)13(17)9-11/h4-5,9H,2-3,6-8,10H2,1H3. The molecule has 1 aromatic carbocycles. The summed E-state index contributed by atoms with van der Waals surface area (Å²) in [6.07, 6.45) is 1.95. The SMILES string of the molecule is CCCCN(CCCl)C(=O)Cc1ccc(F)c(F)c1. The maximum absolute atomic E-state index is 13.1. The Morgan fingerprint density at radius 1 is 1.26 bits per heavy atom. The van der Waals surface area contributed by atoms with E-state index in [2.05, 4.69) is 0 Å². The lowest BCUT2D eigenvalue weighted by atomic mass is 10.1. The van der Waals surface area contributed by atoms with E-state index in [1.54, 1.807) is 4.90 Å². The molecule has 0 aliphatic heterocycles. The fourth-order valence-electron chi connectivity index (χ4n) is 1.75. The van der Waals surface area contributed by atoms with Crippen molar-refractivity contribution < 1.29 is 13.6 Å². The third kappa shape index (κ3) is 5.15. The summed E-state index contributed by atoms with van der Waals surface area (Å²) in [6.45, 7) is 3.16. The Morgan fingerprint density at radius 3 is 2.58 bits per heavy atom. The van der Waals surface area contributed by atoms with Crippen LogP contribution < -0.4 is 0 Å². The monoisotopic (exact) mass is 289 g/mol. The second kappa shape index (κ2) is 8.10. The molecule has 19 heavy (non-hydrogen) atoms. The Hall–Kier alpha value is -1.16. The van der Waals surface area contributed by atoms with Crippen LogP contribution in [0.25, 0.3) is 0 Å². The van der Waals surface area contributed by atoms with Crippen molar-refractivity contribution in [3.05, 3.63) is 35.4 Å². The first kappa shape index (κ1) is 15.9. The molecule has 0 aromatic heterocycles. The van der Waals surface area contributed by atoms with Gasteiger partial charge in [0.15, 0.2) is 11.6 Å². The summed E-state index contributed by atoms with van der Waals surface area (Å²) in [7, 11) is 0. The van der Waals surface area contributed by atoms with Gasteiger partial charge in [0, 0.05) is 19.0 Å². The fourth-order valence-corrected chi connectivity index (χ4v) is 1.95. The minimum atomic E-state index is -0.928. The maximum atomic E-state index is 13.1. The number of nitrogens with zero attached hydrogens (tertiary/aromatic N) is 1. The van der Waals surface area contributed by atoms with Crippen molar-refractivity contribution in [2.75, 3.05) is 19.0 Å². The van der Waals surface area contributed by atoms with Crippen LogP contribution in [-0.2, 0) is 11.2 Å². The average molecular weight is 290 g/mol. The van der Waals surface area contributed by atoms with E-state index in [-0.39, 0.29) is 12.3 Å². The van der Waals surface area contributed by atoms with Gasteiger partial charge in [-0.15, -0.1) is 11.6 Å². The van der Waals surface area contributed by atoms with Crippen molar-refractivity contribution in [3.63, 3.8) is 0 Å². The molecule has 0 aliphatic rings. The maximum Gasteiger partial charge on any atom is 0.227 e. The van der Waals surface area contributed by atoms with Gasteiger partial charge in [-0.05, 0) is 24.1 Å². The lowest BCUT2D eigenvalue weighted by Crippen LogP contribution is -2.34. The largest absolute Gasteiger partial charge is 0.341 e. The highest BCUT2D eigenvalue weighted by Gasteiger charge is 2.14. The van der Waals surface area contributed by atoms with Gasteiger partial charge in [-0.25, -0.2) is 8.78 Å². The molecule has 106 valence electrons. The summed E-state index contributed by atoms with van der Waals surface area (Å²) in [4.78, 5) is 13.7. The zero-order valence-electron chi connectivity index (χ0n) is 11.0. The lowest BCUT2D eigenvalue weighted by Gasteiger charge is -2.21. The van der Waals surface area contributed by atoms with E-state index >= 15 is 0 Å². The molecular weight excluding hydrogens is 272 g/mol. The predicted molar refractivity (Wildman–Crippen MR) is 72.3 cm³/mol. The Bertz CT molecular complexity index is 426. The second-order valence-corrected chi connectivity index (χ2v) is 4.73. The third-order valence-corrected chi connectivity index (χ3v) is 3.00. The molecule has 0 unspecified atom stereocenters. The normalized spacial score (nSPS) is 10.5. The van der Waals surface area contributed by atoms with Crippen LogP contribution in [0.5, 0.6) is 0 Å². The molecule has 0 N–H and O–H groups in total. The van der Waals surface area contributed by atoms with E-state index in [1.165, 1.54) is 6.07 Å². The molecule has 1 aromatic rings. The first-order chi connectivity index (χ1) is 9.08. The average Bonchev–Trinajstić information content (AvgIpc) is 2.38. The van der Waals surface area contributed by atoms with E-state index in [0.29, 0.717) is 24.5 Å². The highest BCUT2D eigenvalue weighted by molar-refractivity contribution is 6.18. The van der Waals surface area contributed by atoms with Gasteiger partial charge < -0.3 is 4.90 Å². The van der Waals surface area contributed by atoms with Crippen molar-refractivity contribution in [1.29, 1.82) is 0 Å². The fraction of sp³-hybridized carbons (Fsp3) is 0.500. The molecule has 0 saturated carbocycles. The molecule has 0 fully saturated rings. The minimum absolute atomic E-state index is 0.0673. The number of benzene rings is 1. The highest BCUT2D eigenvalue weighted by Crippen LogP contribution is 2.10. The Labute approximate surface area is 117 Å². The van der Waals surface area contributed by atoms with Crippen LogP contribution >= 0.6 is 11.6 Å². The zero-order valence-corrected chi connectivity index (χ0v) is 11.7. The minimum Gasteiger partial charge on any atom is -0.341 e. The van der Waals surface area contributed by atoms with Crippen LogP contribution in [-0.4, -0.2) is 29.8 Å². The summed E-state index contributed by atoms with van der Waals surface area (Å²) in [6, 6.07) is 3.52. The van der Waals surface area contributed by atoms with Gasteiger partial charge in [-0.1, -0.05) is 19.4 Å². The number of hydrogen-bond acceptors (Lipinski definition) is 1.